The third kappa shape index (κ3) is 3.33. The molecule has 2 heterocycles. The molecule has 0 saturated carbocycles. The van der Waals surface area contributed by atoms with Crippen LogP contribution < -0.4 is 14.2 Å². The Labute approximate surface area is 164 Å². The number of halogens is 1. The lowest BCUT2D eigenvalue weighted by Crippen LogP contribution is -2.33. The number of aromatic nitrogens is 2. The van der Waals surface area contributed by atoms with E-state index in [0.717, 1.165) is 5.56 Å². The van der Waals surface area contributed by atoms with Crippen LogP contribution in [0.1, 0.15) is 11.3 Å². The number of nitrogens with zero attached hydrogens (tertiary/aromatic N) is 3. The molecule has 0 unspecified atom stereocenters. The standard InChI is InChI=1S/C19H12ClN3O5/c20-16-8-12(9-17-18(16)28-11-27-17)4-5-14-6-7-21-19(22(14)24)13-2-1-3-15(10-13)23(25)26/h1-10H,11H2/b5-4+. The molecule has 1 aromatic heterocycles. The molecule has 8 nitrogen and oxygen atoms in total. The Morgan fingerprint density at radius 2 is 2.04 bits per heavy atom. The lowest BCUT2D eigenvalue weighted by atomic mass is 10.1. The Morgan fingerprint density at radius 1 is 1.18 bits per heavy atom. The molecule has 9 heteroatoms. The van der Waals surface area contributed by atoms with Crippen molar-refractivity contribution >= 4 is 29.4 Å². The minimum absolute atomic E-state index is 0.0644. The molecule has 0 fully saturated rings. The van der Waals surface area contributed by atoms with Crippen molar-refractivity contribution in [3.05, 3.63) is 80.3 Å². The summed E-state index contributed by atoms with van der Waals surface area (Å²) in [7, 11) is 0. The van der Waals surface area contributed by atoms with Gasteiger partial charge >= 0.3 is 5.82 Å². The molecule has 1 aliphatic rings. The molecule has 1 aliphatic heterocycles. The van der Waals surface area contributed by atoms with E-state index < -0.39 is 4.92 Å². The normalized spacial score (nSPS) is 12.5. The van der Waals surface area contributed by atoms with E-state index in [1.165, 1.54) is 24.4 Å². The van der Waals surface area contributed by atoms with E-state index in [1.54, 1.807) is 36.4 Å². The van der Waals surface area contributed by atoms with Crippen LogP contribution in [0.25, 0.3) is 23.5 Å². The van der Waals surface area contributed by atoms with E-state index in [2.05, 4.69) is 4.98 Å². The van der Waals surface area contributed by atoms with Gasteiger partial charge in [-0.3, -0.25) is 10.1 Å². The average Bonchev–Trinajstić information content (AvgIpc) is 3.16. The number of benzene rings is 2. The van der Waals surface area contributed by atoms with Crippen molar-refractivity contribution in [3.63, 3.8) is 0 Å². The van der Waals surface area contributed by atoms with Gasteiger partial charge in [0.15, 0.2) is 11.5 Å². The molecule has 0 saturated heterocycles. The summed E-state index contributed by atoms with van der Waals surface area (Å²) in [4.78, 5) is 14.5. The second-order valence-electron chi connectivity index (χ2n) is 5.86. The predicted molar refractivity (Wildman–Crippen MR) is 102 cm³/mol. The molecule has 0 N–H and O–H groups in total. The van der Waals surface area contributed by atoms with Gasteiger partial charge in [-0.1, -0.05) is 23.7 Å². The van der Waals surface area contributed by atoms with Crippen molar-refractivity contribution in [1.29, 1.82) is 0 Å². The zero-order valence-electron chi connectivity index (χ0n) is 14.2. The molecular formula is C19H12ClN3O5. The zero-order valence-corrected chi connectivity index (χ0v) is 15.0. The van der Waals surface area contributed by atoms with Gasteiger partial charge in [0.1, 0.15) is 11.9 Å². The van der Waals surface area contributed by atoms with Crippen LogP contribution in [0, 0.1) is 15.3 Å². The molecule has 0 bridgehead atoms. The molecule has 0 aliphatic carbocycles. The number of ether oxygens (including phenoxy) is 2. The fourth-order valence-electron chi connectivity index (χ4n) is 2.77. The summed E-state index contributed by atoms with van der Waals surface area (Å²) < 4.78 is 11.2. The highest BCUT2D eigenvalue weighted by atomic mass is 35.5. The monoisotopic (exact) mass is 397 g/mol. The first kappa shape index (κ1) is 17.7. The fourth-order valence-corrected chi connectivity index (χ4v) is 3.04. The van der Waals surface area contributed by atoms with Gasteiger partial charge in [-0.05, 0) is 34.8 Å². The molecule has 0 spiro atoms. The molecule has 0 atom stereocenters. The molecular weight excluding hydrogens is 386 g/mol. The maximum absolute atomic E-state index is 12.7. The maximum atomic E-state index is 12.7. The zero-order chi connectivity index (χ0) is 19.7. The van der Waals surface area contributed by atoms with Gasteiger partial charge < -0.3 is 14.7 Å². The van der Waals surface area contributed by atoms with Crippen molar-refractivity contribution in [3.8, 4) is 22.9 Å². The van der Waals surface area contributed by atoms with Gasteiger partial charge in [0, 0.05) is 18.2 Å². The molecule has 140 valence electrons. The predicted octanol–water partition coefficient (Wildman–Crippen LogP) is 3.84. The smallest absolute Gasteiger partial charge is 0.333 e. The summed E-state index contributed by atoms with van der Waals surface area (Å²) in [5.74, 6) is 1.10. The maximum Gasteiger partial charge on any atom is 0.333 e. The van der Waals surface area contributed by atoms with E-state index in [1.807, 2.05) is 0 Å². The number of nitro benzene ring substituents is 1. The lowest BCUT2D eigenvalue weighted by molar-refractivity contribution is -0.598. The quantitative estimate of drug-likeness (QED) is 0.287. The Morgan fingerprint density at radius 3 is 2.86 bits per heavy atom. The molecule has 4 rings (SSSR count). The van der Waals surface area contributed by atoms with Crippen LogP contribution in [0.3, 0.4) is 0 Å². The first-order valence-electron chi connectivity index (χ1n) is 8.13. The van der Waals surface area contributed by atoms with Crippen LogP contribution in [-0.4, -0.2) is 16.7 Å². The SMILES string of the molecule is O=[N+]([O-])c1cccc(-c2nccc(/C=C/c3cc(Cl)c4c(c3)OCO4)[n+]2[O-])c1. The largest absolute Gasteiger partial charge is 0.710 e. The van der Waals surface area contributed by atoms with Crippen LogP contribution in [-0.2, 0) is 0 Å². The lowest BCUT2D eigenvalue weighted by Gasteiger charge is -2.09. The molecule has 0 amide bonds. The topological polar surface area (TPSA) is 101 Å². The van der Waals surface area contributed by atoms with Gasteiger partial charge in [0.05, 0.1) is 15.5 Å². The fraction of sp³-hybridized carbons (Fsp3) is 0.0526. The number of rotatable bonds is 4. The number of hydrogen-bond donors (Lipinski definition) is 0. The Hall–Kier alpha value is -3.65. The first-order chi connectivity index (χ1) is 13.5. The highest BCUT2D eigenvalue weighted by Crippen LogP contribution is 2.40. The van der Waals surface area contributed by atoms with Crippen molar-refractivity contribution in [1.82, 2.24) is 4.98 Å². The van der Waals surface area contributed by atoms with Crippen LogP contribution in [0.2, 0.25) is 5.02 Å². The average molecular weight is 398 g/mol. The van der Waals surface area contributed by atoms with Gasteiger partial charge in [-0.2, -0.15) is 0 Å². The van der Waals surface area contributed by atoms with Crippen LogP contribution >= 0.6 is 11.6 Å². The summed E-state index contributed by atoms with van der Waals surface area (Å²) in [6, 6.07) is 10.7. The molecule has 2 aromatic carbocycles. The van der Waals surface area contributed by atoms with E-state index >= 15 is 0 Å². The summed E-state index contributed by atoms with van der Waals surface area (Å²) in [6.07, 6.45) is 4.77. The first-order valence-corrected chi connectivity index (χ1v) is 8.51. The molecule has 28 heavy (non-hydrogen) atoms. The minimum Gasteiger partial charge on any atom is -0.710 e. The number of hydrogen-bond acceptors (Lipinski definition) is 6. The van der Waals surface area contributed by atoms with E-state index in [0.29, 0.717) is 32.5 Å². The highest BCUT2D eigenvalue weighted by Gasteiger charge is 2.18. The van der Waals surface area contributed by atoms with Crippen molar-refractivity contribution in [2.24, 2.45) is 0 Å². The van der Waals surface area contributed by atoms with E-state index in [-0.39, 0.29) is 18.3 Å². The van der Waals surface area contributed by atoms with Crippen LogP contribution in [0.5, 0.6) is 11.5 Å². The van der Waals surface area contributed by atoms with E-state index in [4.69, 9.17) is 21.1 Å². The second-order valence-corrected chi connectivity index (χ2v) is 6.27. The number of nitro groups is 1. The van der Waals surface area contributed by atoms with Gasteiger partial charge in [0.2, 0.25) is 6.79 Å². The number of non-ortho nitro benzene ring substituents is 1. The second kappa shape index (κ2) is 7.16. The molecule has 0 radical (unpaired) electrons. The Kier molecular flexibility index (Phi) is 4.54. The third-order valence-electron chi connectivity index (χ3n) is 4.08. The van der Waals surface area contributed by atoms with Gasteiger partial charge in [-0.25, -0.2) is 4.73 Å². The van der Waals surface area contributed by atoms with Crippen molar-refractivity contribution in [2.75, 3.05) is 6.79 Å². The van der Waals surface area contributed by atoms with Gasteiger partial charge in [-0.15, -0.1) is 0 Å². The Balaban J connectivity index is 1.68. The van der Waals surface area contributed by atoms with E-state index in [9.17, 15) is 15.3 Å². The van der Waals surface area contributed by atoms with Crippen molar-refractivity contribution in [2.45, 2.75) is 0 Å². The summed E-state index contributed by atoms with van der Waals surface area (Å²) >= 11 is 6.16. The third-order valence-corrected chi connectivity index (χ3v) is 4.36. The van der Waals surface area contributed by atoms with Crippen molar-refractivity contribution < 1.29 is 19.1 Å². The molecule has 3 aromatic rings. The highest BCUT2D eigenvalue weighted by molar-refractivity contribution is 6.32. The number of fused-ring (bicyclic) bond motifs is 1. The Bertz CT molecular complexity index is 1120. The minimum atomic E-state index is -0.522. The van der Waals surface area contributed by atoms with Crippen LogP contribution in [0.15, 0.2) is 48.7 Å². The van der Waals surface area contributed by atoms with Crippen LogP contribution in [0.4, 0.5) is 5.69 Å². The summed E-state index contributed by atoms with van der Waals surface area (Å²) in [5.41, 5.74) is 1.27. The summed E-state index contributed by atoms with van der Waals surface area (Å²) in [6.45, 7) is 0.111. The summed E-state index contributed by atoms with van der Waals surface area (Å²) in [5, 5.41) is 24.1. The van der Waals surface area contributed by atoms with Gasteiger partial charge in [0.25, 0.3) is 5.69 Å².